The van der Waals surface area contributed by atoms with Crippen LogP contribution in [0.3, 0.4) is 0 Å². The number of aryl methyl sites for hydroxylation is 3. The molecule has 1 radical (unpaired) electrons. The van der Waals surface area contributed by atoms with Crippen molar-refractivity contribution in [3.63, 3.8) is 0 Å². The van der Waals surface area contributed by atoms with Gasteiger partial charge in [0.2, 0.25) is 0 Å². The van der Waals surface area contributed by atoms with E-state index in [1.54, 1.807) is 0 Å². The monoisotopic (exact) mass is 879 g/mol. The number of benzene rings is 5. The SMILES string of the molecule is Cc1ccc(-c2ccc(-c3cc[c-]c(-c4cc(C(C)(C)C)ccn4)c3)c3nc(-c4ccccc4)ncc23)c(C)c1.Cc1ccnc(-c2[c-]cccc2)c1.[Ir]. The van der Waals surface area contributed by atoms with Crippen LogP contribution in [0.4, 0.5) is 0 Å². The van der Waals surface area contributed by atoms with E-state index in [0.717, 1.165) is 61.5 Å². The van der Waals surface area contributed by atoms with Crippen molar-refractivity contribution in [3.8, 4) is 56.2 Å². The summed E-state index contributed by atoms with van der Waals surface area (Å²) < 4.78 is 0. The quantitative estimate of drug-likeness (QED) is 0.162. The molecule has 0 aliphatic carbocycles. The molecular formula is C49H42IrN4-2. The van der Waals surface area contributed by atoms with Gasteiger partial charge in [-0.15, -0.1) is 65.7 Å². The Labute approximate surface area is 332 Å². The van der Waals surface area contributed by atoms with Gasteiger partial charge in [0.15, 0.2) is 5.82 Å². The fraction of sp³-hybridized carbons (Fsp3) is 0.143. The van der Waals surface area contributed by atoms with E-state index in [2.05, 4.69) is 136 Å². The molecule has 0 N–H and O–H groups in total. The summed E-state index contributed by atoms with van der Waals surface area (Å²) in [7, 11) is 0. The summed E-state index contributed by atoms with van der Waals surface area (Å²) in [5.41, 5.74) is 15.3. The standard InChI is InChI=1S/C37H32N3.C12H10N.Ir/c1-24-14-15-30(25(2)20-24)32-17-16-31(35-33(32)23-39-36(40-35)26-10-7-6-8-11-26)27-12-9-13-28(21-27)34-22-29(18-19-38-34)37(3,4)5;1-10-7-8-13-12(9-10)11-5-3-2-4-6-11;/h6-12,14-23H,1-5H3;2-5,7-9H,1H3;/q2*-1;. The minimum Gasteiger partial charge on any atom is -0.305 e. The fourth-order valence-corrected chi connectivity index (χ4v) is 6.49. The molecule has 4 nitrogen and oxygen atoms in total. The van der Waals surface area contributed by atoms with E-state index in [0.29, 0.717) is 0 Å². The van der Waals surface area contributed by atoms with Crippen molar-refractivity contribution in [3.05, 3.63) is 180 Å². The summed E-state index contributed by atoms with van der Waals surface area (Å²) in [5.74, 6) is 0.717. The van der Waals surface area contributed by atoms with Gasteiger partial charge in [0, 0.05) is 49.6 Å². The first kappa shape index (κ1) is 38.1. The zero-order valence-electron chi connectivity index (χ0n) is 31.5. The average Bonchev–Trinajstić information content (AvgIpc) is 3.18. The van der Waals surface area contributed by atoms with Crippen molar-refractivity contribution in [2.24, 2.45) is 0 Å². The smallest absolute Gasteiger partial charge is 0.159 e. The van der Waals surface area contributed by atoms with Crippen molar-refractivity contribution < 1.29 is 20.1 Å². The molecule has 269 valence electrons. The second kappa shape index (κ2) is 16.6. The number of hydrogen-bond donors (Lipinski definition) is 0. The average molecular weight is 879 g/mol. The summed E-state index contributed by atoms with van der Waals surface area (Å²) in [6.45, 7) is 13.0. The topological polar surface area (TPSA) is 51.6 Å². The molecule has 0 unspecified atom stereocenters. The van der Waals surface area contributed by atoms with Gasteiger partial charge in [-0.2, -0.15) is 0 Å². The van der Waals surface area contributed by atoms with Gasteiger partial charge < -0.3 is 9.97 Å². The van der Waals surface area contributed by atoms with Gasteiger partial charge in [-0.1, -0.05) is 110 Å². The fourth-order valence-electron chi connectivity index (χ4n) is 6.49. The molecule has 0 amide bonds. The van der Waals surface area contributed by atoms with E-state index in [1.807, 2.05) is 73.2 Å². The van der Waals surface area contributed by atoms with Crippen molar-refractivity contribution in [2.45, 2.75) is 47.0 Å². The molecular weight excluding hydrogens is 837 g/mol. The normalized spacial score (nSPS) is 11.0. The van der Waals surface area contributed by atoms with Crippen LogP contribution in [0.5, 0.6) is 0 Å². The van der Waals surface area contributed by atoms with Crippen LogP contribution >= 0.6 is 0 Å². The maximum Gasteiger partial charge on any atom is 0.159 e. The molecule has 0 saturated carbocycles. The molecule has 0 saturated heterocycles. The summed E-state index contributed by atoms with van der Waals surface area (Å²) in [6, 6.07) is 50.2. The second-order valence-corrected chi connectivity index (χ2v) is 14.5. The molecule has 0 fully saturated rings. The molecule has 0 aliphatic heterocycles. The minimum absolute atomic E-state index is 0. The Morgan fingerprint density at radius 3 is 1.94 bits per heavy atom. The maximum atomic E-state index is 5.17. The number of pyridine rings is 2. The predicted octanol–water partition coefficient (Wildman–Crippen LogP) is 12.3. The summed E-state index contributed by atoms with van der Waals surface area (Å²) in [5, 5.41) is 1.03. The van der Waals surface area contributed by atoms with Crippen LogP contribution in [0.15, 0.2) is 146 Å². The van der Waals surface area contributed by atoms with Crippen molar-refractivity contribution >= 4 is 10.9 Å². The Kier molecular flexibility index (Phi) is 11.7. The first-order valence-electron chi connectivity index (χ1n) is 18.0. The molecule has 5 aromatic carbocycles. The van der Waals surface area contributed by atoms with Gasteiger partial charge in [0.05, 0.1) is 5.52 Å². The third-order valence-electron chi connectivity index (χ3n) is 9.37. The Bertz CT molecular complexity index is 2520. The van der Waals surface area contributed by atoms with Gasteiger partial charge in [-0.05, 0) is 77.5 Å². The van der Waals surface area contributed by atoms with Crippen molar-refractivity contribution in [1.82, 2.24) is 19.9 Å². The zero-order valence-corrected chi connectivity index (χ0v) is 33.9. The van der Waals surface area contributed by atoms with Gasteiger partial charge in [0.25, 0.3) is 0 Å². The van der Waals surface area contributed by atoms with Crippen LogP contribution in [-0.4, -0.2) is 19.9 Å². The number of aromatic nitrogens is 4. The van der Waals surface area contributed by atoms with Crippen LogP contribution in [0.2, 0.25) is 0 Å². The number of nitrogens with zero attached hydrogens (tertiary/aromatic N) is 4. The molecule has 0 spiro atoms. The van der Waals surface area contributed by atoms with Crippen LogP contribution in [0.25, 0.3) is 67.1 Å². The number of hydrogen-bond acceptors (Lipinski definition) is 4. The molecule has 5 heteroatoms. The Morgan fingerprint density at radius 1 is 0.537 bits per heavy atom. The van der Waals surface area contributed by atoms with E-state index >= 15 is 0 Å². The van der Waals surface area contributed by atoms with Gasteiger partial charge >= 0.3 is 0 Å². The molecule has 0 atom stereocenters. The number of rotatable bonds is 5. The molecule has 3 heterocycles. The van der Waals surface area contributed by atoms with Crippen LogP contribution in [0, 0.1) is 32.9 Å². The first-order chi connectivity index (χ1) is 25.6. The molecule has 8 rings (SSSR count). The third-order valence-corrected chi connectivity index (χ3v) is 9.37. The molecule has 3 aromatic heterocycles. The minimum atomic E-state index is 0. The van der Waals surface area contributed by atoms with Gasteiger partial charge in [-0.25, -0.2) is 9.97 Å². The van der Waals surface area contributed by atoms with E-state index in [1.165, 1.54) is 27.8 Å². The molecule has 0 bridgehead atoms. The first-order valence-corrected chi connectivity index (χ1v) is 18.0. The summed E-state index contributed by atoms with van der Waals surface area (Å²) >= 11 is 0. The Morgan fingerprint density at radius 2 is 1.22 bits per heavy atom. The van der Waals surface area contributed by atoms with Crippen molar-refractivity contribution in [2.75, 3.05) is 0 Å². The van der Waals surface area contributed by atoms with Crippen LogP contribution in [0.1, 0.15) is 43.0 Å². The second-order valence-electron chi connectivity index (χ2n) is 14.5. The molecule has 8 aromatic rings. The largest absolute Gasteiger partial charge is 0.305 e. The van der Waals surface area contributed by atoms with Gasteiger partial charge in [0.1, 0.15) is 0 Å². The Balaban J connectivity index is 0.000000300. The van der Waals surface area contributed by atoms with E-state index < -0.39 is 0 Å². The molecule has 0 aliphatic rings. The summed E-state index contributed by atoms with van der Waals surface area (Å²) in [6.07, 6.45) is 5.70. The van der Waals surface area contributed by atoms with Gasteiger partial charge in [-0.3, -0.25) is 0 Å². The zero-order chi connectivity index (χ0) is 37.0. The summed E-state index contributed by atoms with van der Waals surface area (Å²) in [4.78, 5) is 18.9. The number of fused-ring (bicyclic) bond motifs is 1. The Hall–Kier alpha value is -5.61. The van der Waals surface area contributed by atoms with E-state index in [4.69, 9.17) is 9.97 Å². The van der Waals surface area contributed by atoms with Crippen LogP contribution < -0.4 is 0 Å². The van der Waals surface area contributed by atoms with E-state index in [9.17, 15) is 0 Å². The molecule has 54 heavy (non-hydrogen) atoms. The van der Waals surface area contributed by atoms with E-state index in [-0.39, 0.29) is 25.5 Å². The third kappa shape index (κ3) is 8.60. The maximum absolute atomic E-state index is 5.17. The van der Waals surface area contributed by atoms with Crippen molar-refractivity contribution in [1.29, 1.82) is 0 Å². The predicted molar refractivity (Wildman–Crippen MR) is 219 cm³/mol. The van der Waals surface area contributed by atoms with Crippen LogP contribution in [-0.2, 0) is 25.5 Å².